The Labute approximate surface area is 249 Å². The lowest BCUT2D eigenvalue weighted by Gasteiger charge is -2.40. The molecule has 6 nitrogen and oxygen atoms in total. The lowest BCUT2D eigenvalue weighted by Crippen LogP contribution is -2.46. The van der Waals surface area contributed by atoms with Gasteiger partial charge in [0.1, 0.15) is 4.90 Å². The third-order valence-electron chi connectivity index (χ3n) is 8.13. The fourth-order valence-electron chi connectivity index (χ4n) is 6.01. The number of piperidine rings is 1. The van der Waals surface area contributed by atoms with Gasteiger partial charge in [0.2, 0.25) is 15.9 Å². The zero-order valence-electron chi connectivity index (χ0n) is 23.1. The van der Waals surface area contributed by atoms with Gasteiger partial charge < -0.3 is 10.6 Å². The second-order valence-electron chi connectivity index (χ2n) is 11.0. The molecule has 42 heavy (non-hydrogen) atoms. The summed E-state index contributed by atoms with van der Waals surface area (Å²) in [6.45, 7) is 1.51. The van der Waals surface area contributed by atoms with Crippen molar-refractivity contribution >= 4 is 38.9 Å². The Kier molecular flexibility index (Phi) is 8.87. The monoisotopic (exact) mass is 619 g/mol. The van der Waals surface area contributed by atoms with E-state index in [4.69, 9.17) is 11.6 Å². The molecule has 3 aromatic carbocycles. The smallest absolute Gasteiger partial charge is 0.382 e. The molecule has 224 valence electrons. The Morgan fingerprint density at radius 2 is 1.60 bits per heavy atom. The van der Waals surface area contributed by atoms with Gasteiger partial charge in [0.05, 0.1) is 22.5 Å². The lowest BCUT2D eigenvalue weighted by atomic mass is 9.85. The van der Waals surface area contributed by atoms with Crippen LogP contribution in [0.15, 0.2) is 71.6 Å². The number of carbonyl (C=O) groups excluding carboxylic acids is 1. The second-order valence-corrected chi connectivity index (χ2v) is 13.3. The van der Waals surface area contributed by atoms with Gasteiger partial charge in [-0.1, -0.05) is 54.8 Å². The van der Waals surface area contributed by atoms with Crippen LogP contribution < -0.4 is 10.6 Å². The van der Waals surface area contributed by atoms with Crippen molar-refractivity contribution in [3.63, 3.8) is 0 Å². The van der Waals surface area contributed by atoms with Crippen LogP contribution in [-0.4, -0.2) is 31.2 Å². The lowest BCUT2D eigenvalue weighted by molar-refractivity contribution is -0.138. The van der Waals surface area contributed by atoms with Crippen molar-refractivity contribution in [3.05, 3.63) is 88.4 Å². The Morgan fingerprint density at radius 1 is 0.929 bits per heavy atom. The highest BCUT2D eigenvalue weighted by molar-refractivity contribution is 7.89. The average Bonchev–Trinajstić information content (AvgIpc) is 3.47. The highest BCUT2D eigenvalue weighted by atomic mass is 35.5. The number of sulfonamides is 1. The minimum absolute atomic E-state index is 0.00105. The predicted octanol–water partition coefficient (Wildman–Crippen LogP) is 7.80. The number of nitrogens with zero attached hydrogens (tertiary/aromatic N) is 1. The summed E-state index contributed by atoms with van der Waals surface area (Å²) in [4.78, 5) is 13.7. The quantitative estimate of drug-likeness (QED) is 0.283. The van der Waals surface area contributed by atoms with Crippen LogP contribution in [0.1, 0.15) is 61.3 Å². The highest BCUT2D eigenvalue weighted by Crippen LogP contribution is 2.42. The molecule has 1 amide bonds. The number of halogens is 4. The third-order valence-corrected chi connectivity index (χ3v) is 10.5. The maximum absolute atomic E-state index is 14.0. The van der Waals surface area contributed by atoms with Gasteiger partial charge in [-0.3, -0.25) is 4.79 Å². The molecule has 11 heteroatoms. The summed E-state index contributed by atoms with van der Waals surface area (Å²) >= 11 is 6.31. The van der Waals surface area contributed by atoms with E-state index in [1.165, 1.54) is 48.3 Å². The zero-order chi connectivity index (χ0) is 30.1. The predicted molar refractivity (Wildman–Crippen MR) is 158 cm³/mol. The number of aryl methyl sites for hydroxylation is 1. The summed E-state index contributed by atoms with van der Waals surface area (Å²) in [7, 11) is -4.13. The van der Waals surface area contributed by atoms with E-state index in [-0.39, 0.29) is 27.7 Å². The molecule has 1 saturated carbocycles. The van der Waals surface area contributed by atoms with Gasteiger partial charge in [-0.25, -0.2) is 8.42 Å². The van der Waals surface area contributed by atoms with Crippen molar-refractivity contribution in [3.8, 4) is 0 Å². The fourth-order valence-corrected chi connectivity index (χ4v) is 8.19. The number of benzene rings is 3. The standard InChI is InChI=1S/C31H33ClF3N3O3S/c1-20-12-15-24(19-26(20)31(33,34)35)37-30(39)25-9-6-18-38(42(40,41)28-11-5-4-10-27(28)32)29(25)21-13-16-23(17-14-21)36-22-7-2-3-8-22/h4-5,10-17,19,22,25,29,36H,2-3,6-9,18H2,1H3,(H,37,39)/t25-,29-/m0/s1. The van der Waals surface area contributed by atoms with Gasteiger partial charge in [-0.15, -0.1) is 0 Å². The first-order valence-corrected chi connectivity index (χ1v) is 15.9. The minimum Gasteiger partial charge on any atom is -0.382 e. The largest absolute Gasteiger partial charge is 0.416 e. The molecule has 2 fully saturated rings. The van der Waals surface area contributed by atoms with Gasteiger partial charge in [0.15, 0.2) is 0 Å². The number of rotatable bonds is 7. The van der Waals surface area contributed by atoms with Crippen LogP contribution in [0.2, 0.25) is 5.02 Å². The number of hydrogen-bond acceptors (Lipinski definition) is 4. The van der Waals surface area contributed by atoms with Crippen molar-refractivity contribution in [2.75, 3.05) is 17.2 Å². The number of carbonyl (C=O) groups is 1. The first kappa shape index (κ1) is 30.4. The normalized spacial score (nSPS) is 20.4. The maximum atomic E-state index is 14.0. The number of alkyl halides is 3. The van der Waals surface area contributed by atoms with E-state index in [9.17, 15) is 26.4 Å². The van der Waals surface area contributed by atoms with Crippen LogP contribution in [0.4, 0.5) is 24.5 Å². The van der Waals surface area contributed by atoms with Crippen LogP contribution in [-0.2, 0) is 21.0 Å². The molecule has 1 aliphatic carbocycles. The molecule has 0 aromatic heterocycles. The van der Waals surface area contributed by atoms with Crippen LogP contribution in [0.3, 0.4) is 0 Å². The highest BCUT2D eigenvalue weighted by Gasteiger charge is 2.44. The van der Waals surface area contributed by atoms with Crippen LogP contribution in [0, 0.1) is 12.8 Å². The molecule has 1 heterocycles. The molecule has 3 aromatic rings. The van der Waals surface area contributed by atoms with E-state index >= 15 is 0 Å². The van der Waals surface area contributed by atoms with Crippen LogP contribution >= 0.6 is 11.6 Å². The molecule has 2 N–H and O–H groups in total. The van der Waals surface area contributed by atoms with Crippen molar-refractivity contribution in [2.24, 2.45) is 5.92 Å². The van der Waals surface area contributed by atoms with Gasteiger partial charge in [-0.2, -0.15) is 17.5 Å². The Balaban J connectivity index is 1.50. The average molecular weight is 620 g/mol. The number of hydrogen-bond donors (Lipinski definition) is 2. The zero-order valence-corrected chi connectivity index (χ0v) is 24.7. The molecule has 0 radical (unpaired) electrons. The van der Waals surface area contributed by atoms with Crippen molar-refractivity contribution in [1.29, 1.82) is 0 Å². The summed E-state index contributed by atoms with van der Waals surface area (Å²) in [5, 5.41) is 6.22. The van der Waals surface area contributed by atoms with Crippen LogP contribution in [0.25, 0.3) is 0 Å². The molecule has 5 rings (SSSR count). The number of amides is 1. The second kappa shape index (κ2) is 12.3. The minimum atomic E-state index is -4.58. The molecule has 0 spiro atoms. The maximum Gasteiger partial charge on any atom is 0.416 e. The van der Waals surface area contributed by atoms with E-state index in [0.717, 1.165) is 24.6 Å². The van der Waals surface area contributed by atoms with Gasteiger partial charge >= 0.3 is 6.18 Å². The molecule has 1 saturated heterocycles. The Morgan fingerprint density at radius 3 is 2.26 bits per heavy atom. The summed E-state index contributed by atoms with van der Waals surface area (Å²) in [6, 6.07) is 16.7. The molecule has 2 aliphatic rings. The van der Waals surface area contributed by atoms with E-state index in [0.29, 0.717) is 24.4 Å². The molecular formula is C31H33ClF3N3O3S. The van der Waals surface area contributed by atoms with Gasteiger partial charge in [-0.05, 0) is 80.1 Å². The van der Waals surface area contributed by atoms with Crippen molar-refractivity contribution in [2.45, 2.75) is 68.6 Å². The molecule has 1 aliphatic heterocycles. The summed E-state index contributed by atoms with van der Waals surface area (Å²) in [6.07, 6.45) is 0.694. The van der Waals surface area contributed by atoms with E-state index < -0.39 is 39.6 Å². The topological polar surface area (TPSA) is 78.5 Å². The summed E-state index contributed by atoms with van der Waals surface area (Å²) < 4.78 is 69.9. The van der Waals surface area contributed by atoms with Gasteiger partial charge in [0.25, 0.3) is 0 Å². The first-order valence-electron chi connectivity index (χ1n) is 14.1. The van der Waals surface area contributed by atoms with E-state index in [1.54, 1.807) is 12.1 Å². The Bertz CT molecular complexity index is 1540. The fraction of sp³-hybridized carbons (Fsp3) is 0.387. The van der Waals surface area contributed by atoms with Crippen molar-refractivity contribution in [1.82, 2.24) is 4.31 Å². The molecule has 0 bridgehead atoms. The SMILES string of the molecule is Cc1ccc(NC(=O)[C@H]2CCCN(S(=O)(=O)c3ccccc3Cl)[C@H]2c2ccc(NC3CCCC3)cc2)cc1C(F)(F)F. The Hall–Kier alpha value is -3.08. The first-order chi connectivity index (χ1) is 19.9. The van der Waals surface area contributed by atoms with E-state index in [2.05, 4.69) is 10.6 Å². The van der Waals surface area contributed by atoms with Crippen molar-refractivity contribution < 1.29 is 26.4 Å². The summed E-state index contributed by atoms with van der Waals surface area (Å²) in [5.41, 5.74) is 0.719. The van der Waals surface area contributed by atoms with Crippen LogP contribution in [0.5, 0.6) is 0 Å². The van der Waals surface area contributed by atoms with Gasteiger partial charge in [0, 0.05) is 24.0 Å². The molecular weight excluding hydrogens is 587 g/mol. The molecule has 2 atom stereocenters. The number of nitrogens with one attached hydrogen (secondary N) is 2. The third kappa shape index (κ3) is 6.45. The number of anilines is 2. The molecule has 0 unspecified atom stereocenters. The summed E-state index contributed by atoms with van der Waals surface area (Å²) in [5.74, 6) is -1.41. The van der Waals surface area contributed by atoms with E-state index in [1.807, 2.05) is 24.3 Å².